The Kier molecular flexibility index (Phi) is 2.40. The fourth-order valence-electron chi connectivity index (χ4n) is 1.80. The van der Waals surface area contributed by atoms with E-state index in [1.54, 1.807) is 11.3 Å². The fourth-order valence-corrected chi connectivity index (χ4v) is 3.57. The zero-order valence-corrected chi connectivity index (χ0v) is 10.8. The summed E-state index contributed by atoms with van der Waals surface area (Å²) < 4.78 is 8.21. The summed E-state index contributed by atoms with van der Waals surface area (Å²) in [5.41, 5.74) is 0. The SMILES string of the molecule is Cc1ccc(-c2sc3ccccc3[c]2[Al])o1. The first-order chi connectivity index (χ1) is 7.75. The number of rotatable bonds is 1. The highest BCUT2D eigenvalue weighted by atomic mass is 32.1. The Morgan fingerprint density at radius 3 is 2.62 bits per heavy atom. The van der Waals surface area contributed by atoms with Gasteiger partial charge in [-0.3, -0.25) is 0 Å². The van der Waals surface area contributed by atoms with Gasteiger partial charge >= 0.3 is 0 Å². The first kappa shape index (κ1) is 10.2. The molecular weight excluding hydrogens is 231 g/mol. The highest BCUT2D eigenvalue weighted by molar-refractivity contribution is 7.23. The first-order valence-electron chi connectivity index (χ1n) is 5.09. The van der Waals surface area contributed by atoms with Gasteiger partial charge in [0.1, 0.15) is 11.5 Å². The molecule has 0 bridgehead atoms. The highest BCUT2D eigenvalue weighted by Crippen LogP contribution is 2.31. The quantitative estimate of drug-likeness (QED) is 0.595. The molecule has 76 valence electrons. The lowest BCUT2D eigenvalue weighted by Gasteiger charge is -1.95. The summed E-state index contributed by atoms with van der Waals surface area (Å²) in [7, 11) is 0. The van der Waals surface area contributed by atoms with Gasteiger partial charge in [0.05, 0.1) is 4.88 Å². The van der Waals surface area contributed by atoms with Gasteiger partial charge in [-0.1, -0.05) is 18.2 Å². The molecule has 0 fully saturated rings. The molecule has 16 heavy (non-hydrogen) atoms. The Labute approximate surface area is 106 Å². The number of hydrogen-bond donors (Lipinski definition) is 0. The molecule has 0 atom stereocenters. The van der Waals surface area contributed by atoms with Crippen LogP contribution in [0.15, 0.2) is 40.8 Å². The average molecular weight is 240 g/mol. The van der Waals surface area contributed by atoms with E-state index < -0.39 is 0 Å². The van der Waals surface area contributed by atoms with Crippen molar-refractivity contribution < 1.29 is 4.42 Å². The number of thiophene rings is 1. The molecule has 0 unspecified atom stereocenters. The van der Waals surface area contributed by atoms with Crippen LogP contribution in [0.25, 0.3) is 20.7 Å². The van der Waals surface area contributed by atoms with Crippen molar-refractivity contribution in [2.45, 2.75) is 6.92 Å². The molecule has 3 aromatic rings. The van der Waals surface area contributed by atoms with Crippen LogP contribution in [0.2, 0.25) is 0 Å². The summed E-state index contributed by atoms with van der Waals surface area (Å²) in [5, 5.41) is 1.29. The first-order valence-corrected chi connectivity index (χ1v) is 6.49. The van der Waals surface area contributed by atoms with Crippen LogP contribution in [0.5, 0.6) is 0 Å². The highest BCUT2D eigenvalue weighted by Gasteiger charge is 2.11. The van der Waals surface area contributed by atoms with E-state index in [2.05, 4.69) is 40.6 Å². The summed E-state index contributed by atoms with van der Waals surface area (Å²) in [6.45, 7) is 1.97. The van der Waals surface area contributed by atoms with Gasteiger partial charge in [-0.25, -0.2) is 0 Å². The van der Waals surface area contributed by atoms with Crippen LogP contribution in [0.1, 0.15) is 5.76 Å². The Morgan fingerprint density at radius 1 is 1.12 bits per heavy atom. The Morgan fingerprint density at radius 2 is 1.94 bits per heavy atom. The van der Waals surface area contributed by atoms with Gasteiger partial charge in [0.2, 0.25) is 0 Å². The van der Waals surface area contributed by atoms with Gasteiger partial charge in [0.15, 0.2) is 16.3 Å². The fraction of sp³-hybridized carbons (Fsp3) is 0.0769. The number of fused-ring (bicyclic) bond motifs is 1. The van der Waals surface area contributed by atoms with Gasteiger partial charge in [-0.05, 0) is 30.5 Å². The van der Waals surface area contributed by atoms with E-state index in [0.717, 1.165) is 11.5 Å². The molecule has 1 nitrogen and oxygen atoms in total. The lowest BCUT2D eigenvalue weighted by Crippen LogP contribution is -2.01. The van der Waals surface area contributed by atoms with Crippen LogP contribution < -0.4 is 4.43 Å². The Balaban J connectivity index is 2.28. The van der Waals surface area contributed by atoms with Gasteiger partial charge < -0.3 is 4.42 Å². The lowest BCUT2D eigenvalue weighted by atomic mass is 10.2. The molecule has 0 spiro atoms. The van der Waals surface area contributed by atoms with E-state index in [9.17, 15) is 0 Å². The number of benzene rings is 1. The summed E-state index contributed by atoms with van der Waals surface area (Å²) in [6, 6.07) is 12.5. The smallest absolute Gasteiger partial charge is 0.179 e. The van der Waals surface area contributed by atoms with Crippen molar-refractivity contribution in [3.05, 3.63) is 42.2 Å². The van der Waals surface area contributed by atoms with E-state index in [-0.39, 0.29) is 0 Å². The van der Waals surface area contributed by atoms with Crippen LogP contribution in [0, 0.1) is 6.92 Å². The second-order valence-electron chi connectivity index (χ2n) is 3.75. The van der Waals surface area contributed by atoms with E-state index in [0.29, 0.717) is 0 Å². The average Bonchev–Trinajstić information content (AvgIpc) is 2.84. The van der Waals surface area contributed by atoms with E-state index in [4.69, 9.17) is 4.42 Å². The predicted octanol–water partition coefficient (Wildman–Crippen LogP) is 3.26. The molecule has 0 saturated heterocycles. The Hall–Kier alpha value is -1.01. The lowest BCUT2D eigenvalue weighted by molar-refractivity contribution is 0.550. The third-order valence-corrected chi connectivity index (χ3v) is 4.61. The zero-order chi connectivity index (χ0) is 11.1. The van der Waals surface area contributed by atoms with E-state index >= 15 is 0 Å². The minimum Gasteiger partial charge on any atom is -0.461 e. The molecule has 0 N–H and O–H groups in total. The third-order valence-electron chi connectivity index (χ3n) is 2.60. The van der Waals surface area contributed by atoms with Crippen molar-refractivity contribution in [1.29, 1.82) is 0 Å². The zero-order valence-electron chi connectivity index (χ0n) is 8.86. The van der Waals surface area contributed by atoms with Crippen molar-refractivity contribution in [3.8, 4) is 10.6 Å². The minimum absolute atomic E-state index is 0.955. The summed E-state index contributed by atoms with van der Waals surface area (Å²) in [6.07, 6.45) is 0. The van der Waals surface area contributed by atoms with Crippen molar-refractivity contribution in [1.82, 2.24) is 0 Å². The standard InChI is InChI=1S/C13H9OS.Al/c1-9-6-7-11(14-9)13-8-10-4-2-3-5-12(10)15-13;/h2-7H,1H3;. The summed E-state index contributed by atoms with van der Waals surface area (Å²) in [5.74, 6) is 1.92. The monoisotopic (exact) mass is 240 g/mol. The van der Waals surface area contributed by atoms with Crippen LogP contribution in [-0.2, 0) is 0 Å². The topological polar surface area (TPSA) is 13.1 Å². The Bertz CT molecular complexity index is 651. The van der Waals surface area contributed by atoms with Gasteiger partial charge in [0, 0.05) is 4.70 Å². The molecule has 0 amide bonds. The van der Waals surface area contributed by atoms with Gasteiger partial charge in [0.25, 0.3) is 0 Å². The van der Waals surface area contributed by atoms with Crippen LogP contribution >= 0.6 is 11.3 Å². The minimum atomic E-state index is 0.955. The normalized spacial score (nSPS) is 11.1. The maximum Gasteiger partial charge on any atom is 0.179 e. The van der Waals surface area contributed by atoms with Crippen molar-refractivity contribution in [2.75, 3.05) is 0 Å². The maximum atomic E-state index is 5.68. The second kappa shape index (κ2) is 3.78. The summed E-state index contributed by atoms with van der Waals surface area (Å²) >= 11 is 4.60. The van der Waals surface area contributed by atoms with Crippen LogP contribution in [0.3, 0.4) is 0 Å². The third kappa shape index (κ3) is 1.53. The van der Waals surface area contributed by atoms with E-state index in [1.807, 2.05) is 19.1 Å². The van der Waals surface area contributed by atoms with Crippen molar-refractivity contribution in [2.24, 2.45) is 0 Å². The van der Waals surface area contributed by atoms with Crippen molar-refractivity contribution >= 4 is 42.1 Å². The molecule has 2 heterocycles. The van der Waals surface area contributed by atoms with E-state index in [1.165, 1.54) is 19.4 Å². The molecule has 2 radical (unpaired) electrons. The number of aryl methyl sites for hydroxylation is 1. The van der Waals surface area contributed by atoms with Crippen molar-refractivity contribution in [3.63, 3.8) is 0 Å². The molecule has 0 aliphatic heterocycles. The second-order valence-corrected chi connectivity index (χ2v) is 5.38. The molecule has 1 aromatic carbocycles. The number of hydrogen-bond acceptors (Lipinski definition) is 2. The van der Waals surface area contributed by atoms with Crippen LogP contribution in [0.4, 0.5) is 0 Å². The maximum absolute atomic E-state index is 5.68. The molecule has 2 aromatic heterocycles. The molecule has 0 aliphatic rings. The van der Waals surface area contributed by atoms with Crippen LogP contribution in [-0.4, -0.2) is 16.3 Å². The molecule has 0 saturated carbocycles. The predicted molar refractivity (Wildman–Crippen MR) is 69.7 cm³/mol. The summed E-state index contributed by atoms with van der Waals surface area (Å²) in [4.78, 5) is 1.21. The largest absolute Gasteiger partial charge is 0.461 e. The van der Waals surface area contributed by atoms with Gasteiger partial charge in [-0.15, -0.1) is 15.8 Å². The molecule has 3 rings (SSSR count). The van der Waals surface area contributed by atoms with Gasteiger partial charge in [-0.2, -0.15) is 0 Å². The number of furan rings is 1. The molecular formula is C13H9AlOS. The molecule has 3 heteroatoms. The molecule has 0 aliphatic carbocycles.